The summed E-state index contributed by atoms with van der Waals surface area (Å²) in [5, 5.41) is 12.1. The van der Waals surface area contributed by atoms with Crippen LogP contribution in [0.5, 0.6) is 0 Å². The molecule has 0 aromatic heterocycles. The predicted molar refractivity (Wildman–Crippen MR) is 76.6 cm³/mol. The standard InChI is InChI=1S/C15H24N2O2/c1-10-4-6-13(7-5-10)14(16)15(19)17-9-11(2)8-12(3)18/h4-7,11-12,14,18H,8-9,16H2,1-3H3,(H,17,19). The first-order chi connectivity index (χ1) is 8.90. The van der Waals surface area contributed by atoms with Gasteiger partial charge in [0, 0.05) is 6.54 Å². The Morgan fingerprint density at radius 1 is 1.32 bits per heavy atom. The van der Waals surface area contributed by atoms with Crippen molar-refractivity contribution in [2.45, 2.75) is 39.3 Å². The number of aliphatic hydroxyl groups excluding tert-OH is 1. The second kappa shape index (κ2) is 7.26. The molecule has 4 heteroatoms. The third-order valence-corrected chi connectivity index (χ3v) is 3.09. The first-order valence-electron chi connectivity index (χ1n) is 6.68. The summed E-state index contributed by atoms with van der Waals surface area (Å²) in [5.41, 5.74) is 7.87. The maximum Gasteiger partial charge on any atom is 0.241 e. The molecule has 0 heterocycles. The summed E-state index contributed by atoms with van der Waals surface area (Å²) in [7, 11) is 0. The van der Waals surface area contributed by atoms with Gasteiger partial charge in [-0.3, -0.25) is 4.79 Å². The van der Waals surface area contributed by atoms with Gasteiger partial charge < -0.3 is 16.2 Å². The lowest BCUT2D eigenvalue weighted by molar-refractivity contribution is -0.122. The first kappa shape index (κ1) is 15.7. The Kier molecular flexibility index (Phi) is 5.99. The fourth-order valence-corrected chi connectivity index (χ4v) is 1.98. The summed E-state index contributed by atoms with van der Waals surface area (Å²) < 4.78 is 0. The molecule has 0 aliphatic heterocycles. The van der Waals surface area contributed by atoms with E-state index in [2.05, 4.69) is 5.32 Å². The molecule has 4 nitrogen and oxygen atoms in total. The van der Waals surface area contributed by atoms with Gasteiger partial charge >= 0.3 is 0 Å². The number of nitrogens with two attached hydrogens (primary N) is 1. The van der Waals surface area contributed by atoms with E-state index in [1.165, 1.54) is 0 Å². The zero-order valence-electron chi connectivity index (χ0n) is 11.9. The molecule has 3 unspecified atom stereocenters. The van der Waals surface area contributed by atoms with E-state index in [1.807, 2.05) is 38.1 Å². The van der Waals surface area contributed by atoms with Crippen molar-refractivity contribution in [3.63, 3.8) is 0 Å². The van der Waals surface area contributed by atoms with Crippen molar-refractivity contribution in [1.29, 1.82) is 0 Å². The van der Waals surface area contributed by atoms with Crippen LogP contribution in [0.15, 0.2) is 24.3 Å². The van der Waals surface area contributed by atoms with Crippen LogP contribution in [0, 0.1) is 12.8 Å². The molecule has 1 aromatic carbocycles. The van der Waals surface area contributed by atoms with Gasteiger partial charge in [0.25, 0.3) is 0 Å². The zero-order chi connectivity index (χ0) is 14.4. The van der Waals surface area contributed by atoms with Crippen molar-refractivity contribution in [3.05, 3.63) is 35.4 Å². The molecule has 0 aliphatic rings. The summed E-state index contributed by atoms with van der Waals surface area (Å²) >= 11 is 0. The van der Waals surface area contributed by atoms with E-state index >= 15 is 0 Å². The fraction of sp³-hybridized carbons (Fsp3) is 0.533. The summed E-state index contributed by atoms with van der Waals surface area (Å²) in [6, 6.07) is 6.99. The van der Waals surface area contributed by atoms with Crippen LogP contribution >= 0.6 is 0 Å². The lowest BCUT2D eigenvalue weighted by Crippen LogP contribution is -2.37. The Balaban J connectivity index is 2.47. The number of hydrogen-bond donors (Lipinski definition) is 3. The minimum Gasteiger partial charge on any atom is -0.393 e. The smallest absolute Gasteiger partial charge is 0.241 e. The number of nitrogens with one attached hydrogen (secondary N) is 1. The maximum absolute atomic E-state index is 11.9. The van der Waals surface area contributed by atoms with E-state index < -0.39 is 6.04 Å². The molecule has 106 valence electrons. The summed E-state index contributed by atoms with van der Waals surface area (Å²) in [6.45, 7) is 6.26. The van der Waals surface area contributed by atoms with Gasteiger partial charge in [-0.25, -0.2) is 0 Å². The van der Waals surface area contributed by atoms with Crippen molar-refractivity contribution in [2.75, 3.05) is 6.54 Å². The van der Waals surface area contributed by atoms with Crippen LogP contribution in [0.3, 0.4) is 0 Å². The van der Waals surface area contributed by atoms with E-state index in [1.54, 1.807) is 6.92 Å². The van der Waals surface area contributed by atoms with E-state index in [0.717, 1.165) is 11.1 Å². The summed E-state index contributed by atoms with van der Waals surface area (Å²) in [5.74, 6) is 0.0514. The second-order valence-electron chi connectivity index (χ2n) is 5.32. The zero-order valence-corrected chi connectivity index (χ0v) is 11.9. The van der Waals surface area contributed by atoms with Crippen molar-refractivity contribution in [1.82, 2.24) is 5.32 Å². The number of amides is 1. The minimum absolute atomic E-state index is 0.179. The van der Waals surface area contributed by atoms with Crippen LogP contribution in [-0.2, 0) is 4.79 Å². The van der Waals surface area contributed by atoms with Gasteiger partial charge in [0.15, 0.2) is 0 Å². The number of aliphatic hydroxyl groups is 1. The third kappa shape index (κ3) is 5.41. The highest BCUT2D eigenvalue weighted by molar-refractivity contribution is 5.82. The maximum atomic E-state index is 11.9. The van der Waals surface area contributed by atoms with Gasteiger partial charge in [-0.15, -0.1) is 0 Å². The number of benzene rings is 1. The Bertz CT molecular complexity index is 401. The van der Waals surface area contributed by atoms with Crippen molar-refractivity contribution in [3.8, 4) is 0 Å². The molecule has 0 spiro atoms. The molecular weight excluding hydrogens is 240 g/mol. The van der Waals surface area contributed by atoms with Gasteiger partial charge in [0.2, 0.25) is 5.91 Å². The molecule has 0 bridgehead atoms. The predicted octanol–water partition coefficient (Wildman–Crippen LogP) is 1.52. The third-order valence-electron chi connectivity index (χ3n) is 3.09. The highest BCUT2D eigenvalue weighted by Gasteiger charge is 2.16. The number of carbonyl (C=O) groups excluding carboxylic acids is 1. The average Bonchev–Trinajstić information content (AvgIpc) is 2.35. The molecule has 4 N–H and O–H groups in total. The molecule has 19 heavy (non-hydrogen) atoms. The van der Waals surface area contributed by atoms with Gasteiger partial charge in [-0.1, -0.05) is 36.8 Å². The van der Waals surface area contributed by atoms with Crippen LogP contribution in [0.4, 0.5) is 0 Å². The second-order valence-corrected chi connectivity index (χ2v) is 5.32. The molecule has 0 saturated carbocycles. The SMILES string of the molecule is Cc1ccc(C(N)C(=O)NCC(C)CC(C)O)cc1. The quantitative estimate of drug-likeness (QED) is 0.729. The summed E-state index contributed by atoms with van der Waals surface area (Å²) in [6.07, 6.45) is 0.317. The van der Waals surface area contributed by atoms with E-state index in [4.69, 9.17) is 5.73 Å². The van der Waals surface area contributed by atoms with Gasteiger partial charge in [-0.05, 0) is 31.7 Å². The average molecular weight is 264 g/mol. The van der Waals surface area contributed by atoms with Gasteiger partial charge in [0.05, 0.1) is 6.10 Å². The van der Waals surface area contributed by atoms with E-state index in [0.29, 0.717) is 13.0 Å². The van der Waals surface area contributed by atoms with Crippen molar-refractivity contribution in [2.24, 2.45) is 11.7 Å². The van der Waals surface area contributed by atoms with Gasteiger partial charge in [0.1, 0.15) is 6.04 Å². The number of carbonyl (C=O) groups is 1. The van der Waals surface area contributed by atoms with Crippen LogP contribution in [0.2, 0.25) is 0 Å². The number of rotatable bonds is 6. The molecule has 1 amide bonds. The lowest BCUT2D eigenvalue weighted by atomic mass is 10.0. The Labute approximate surface area is 115 Å². The van der Waals surface area contributed by atoms with Crippen LogP contribution < -0.4 is 11.1 Å². The van der Waals surface area contributed by atoms with Crippen LogP contribution in [0.25, 0.3) is 0 Å². The molecule has 0 fully saturated rings. The van der Waals surface area contributed by atoms with Crippen LogP contribution in [-0.4, -0.2) is 23.7 Å². The summed E-state index contributed by atoms with van der Waals surface area (Å²) in [4.78, 5) is 11.9. The minimum atomic E-state index is -0.639. The molecule has 1 rings (SSSR count). The normalized spacial score (nSPS) is 15.6. The Hall–Kier alpha value is -1.39. The van der Waals surface area contributed by atoms with Crippen molar-refractivity contribution >= 4 is 5.91 Å². The monoisotopic (exact) mass is 264 g/mol. The molecule has 0 saturated heterocycles. The molecular formula is C15H24N2O2. The Morgan fingerprint density at radius 3 is 2.42 bits per heavy atom. The molecule has 0 radical (unpaired) electrons. The lowest BCUT2D eigenvalue weighted by Gasteiger charge is -2.17. The molecule has 1 aromatic rings. The Morgan fingerprint density at radius 2 is 1.89 bits per heavy atom. The number of aryl methyl sites for hydroxylation is 1. The molecule has 3 atom stereocenters. The molecule has 0 aliphatic carbocycles. The highest BCUT2D eigenvalue weighted by atomic mass is 16.3. The van der Waals surface area contributed by atoms with E-state index in [-0.39, 0.29) is 17.9 Å². The highest BCUT2D eigenvalue weighted by Crippen LogP contribution is 2.12. The largest absolute Gasteiger partial charge is 0.393 e. The van der Waals surface area contributed by atoms with Crippen LogP contribution in [0.1, 0.15) is 37.4 Å². The number of hydrogen-bond acceptors (Lipinski definition) is 3. The first-order valence-corrected chi connectivity index (χ1v) is 6.68. The fourth-order valence-electron chi connectivity index (χ4n) is 1.98. The van der Waals surface area contributed by atoms with E-state index in [9.17, 15) is 9.90 Å². The van der Waals surface area contributed by atoms with Gasteiger partial charge in [-0.2, -0.15) is 0 Å². The topological polar surface area (TPSA) is 75.4 Å². The van der Waals surface area contributed by atoms with Crippen molar-refractivity contribution < 1.29 is 9.90 Å².